The average Bonchev–Trinajstić information content (AvgIpc) is 2.77. The number of rotatable bonds is 7. The van der Waals surface area contributed by atoms with Gasteiger partial charge in [-0.3, -0.25) is 0 Å². The molecule has 0 aromatic heterocycles. The van der Waals surface area contributed by atoms with E-state index in [1.807, 2.05) is 73.8 Å². The van der Waals surface area contributed by atoms with Crippen LogP contribution < -0.4 is 20.5 Å². The summed E-state index contributed by atoms with van der Waals surface area (Å²) >= 11 is 0. The minimum Gasteiger partial charge on any atom is -0.496 e. The van der Waals surface area contributed by atoms with E-state index in [-0.39, 0.29) is 0 Å². The smallest absolute Gasteiger partial charge is 0.126 e. The van der Waals surface area contributed by atoms with Crippen molar-refractivity contribution < 1.29 is 9.47 Å². The summed E-state index contributed by atoms with van der Waals surface area (Å²) < 4.78 is 11.2. The van der Waals surface area contributed by atoms with Crippen molar-refractivity contribution >= 4 is 35.7 Å². The van der Waals surface area contributed by atoms with E-state index in [2.05, 4.69) is 23.5 Å². The Bertz CT molecular complexity index is 1000. The molecule has 0 bridgehead atoms. The number of hydrogen-bond acceptors (Lipinski definition) is 4. The molecule has 3 rings (SSSR count). The second kappa shape index (κ2) is 9.51. The molecule has 3 aromatic rings. The van der Waals surface area contributed by atoms with Crippen molar-refractivity contribution in [1.82, 2.24) is 0 Å². The highest BCUT2D eigenvalue weighted by Crippen LogP contribution is 2.31. The van der Waals surface area contributed by atoms with Gasteiger partial charge >= 0.3 is 0 Å². The van der Waals surface area contributed by atoms with Gasteiger partial charge in [-0.2, -0.15) is 0 Å². The van der Waals surface area contributed by atoms with E-state index in [0.717, 1.165) is 45.1 Å². The van der Waals surface area contributed by atoms with Crippen molar-refractivity contribution in [3.05, 3.63) is 82.9 Å². The zero-order valence-corrected chi connectivity index (χ0v) is 17.0. The van der Waals surface area contributed by atoms with Gasteiger partial charge in [0.25, 0.3) is 0 Å². The quantitative estimate of drug-likeness (QED) is 0.406. The van der Waals surface area contributed by atoms with Gasteiger partial charge in [0.05, 0.1) is 14.2 Å². The van der Waals surface area contributed by atoms with Crippen LogP contribution in [-0.2, 0) is 0 Å². The zero-order chi connectivity index (χ0) is 20.6. The lowest BCUT2D eigenvalue weighted by molar-refractivity contribution is 0.401. The van der Waals surface area contributed by atoms with Crippen molar-refractivity contribution in [2.45, 2.75) is 0 Å². The van der Waals surface area contributed by atoms with Gasteiger partial charge in [-0.05, 0) is 47.5 Å². The number of anilines is 2. The lowest BCUT2D eigenvalue weighted by Crippen LogP contribution is -1.93. The van der Waals surface area contributed by atoms with E-state index in [0.29, 0.717) is 0 Å². The van der Waals surface area contributed by atoms with Crippen LogP contribution in [0.4, 0.5) is 11.4 Å². The summed E-state index contributed by atoms with van der Waals surface area (Å²) in [4.78, 5) is 0. The molecule has 0 atom stereocenters. The number of nitrogens with one attached hydrogen (secondary N) is 1. The fraction of sp³-hybridized carbons (Fsp3) is 0.120. The van der Waals surface area contributed by atoms with Crippen LogP contribution in [0.3, 0.4) is 0 Å². The first-order valence-electron chi connectivity index (χ1n) is 9.38. The van der Waals surface area contributed by atoms with Gasteiger partial charge < -0.3 is 20.5 Å². The van der Waals surface area contributed by atoms with Gasteiger partial charge in [-0.1, -0.05) is 48.6 Å². The topological polar surface area (TPSA) is 56.5 Å². The molecule has 0 unspecified atom stereocenters. The third-order valence-electron chi connectivity index (χ3n) is 4.63. The van der Waals surface area contributed by atoms with E-state index in [9.17, 15) is 0 Å². The summed E-state index contributed by atoms with van der Waals surface area (Å²) in [5.74, 6) is 1.56. The van der Waals surface area contributed by atoms with Crippen LogP contribution in [0.15, 0.2) is 60.7 Å². The van der Waals surface area contributed by atoms with Gasteiger partial charge in [0.15, 0.2) is 0 Å². The molecule has 0 aliphatic carbocycles. The van der Waals surface area contributed by atoms with Crippen LogP contribution in [0, 0.1) is 0 Å². The number of methoxy groups -OCH3 is 2. The summed E-state index contributed by atoms with van der Waals surface area (Å²) in [7, 11) is 5.26. The molecule has 4 heteroatoms. The maximum absolute atomic E-state index is 5.75. The lowest BCUT2D eigenvalue weighted by atomic mass is 10.1. The van der Waals surface area contributed by atoms with Crippen LogP contribution in [-0.4, -0.2) is 21.3 Å². The van der Waals surface area contributed by atoms with E-state index in [4.69, 9.17) is 15.2 Å². The molecule has 0 aliphatic heterocycles. The predicted molar refractivity (Wildman–Crippen MR) is 124 cm³/mol. The van der Waals surface area contributed by atoms with Crippen molar-refractivity contribution in [2.75, 3.05) is 32.3 Å². The Morgan fingerprint density at radius 1 is 0.690 bits per heavy atom. The van der Waals surface area contributed by atoms with Gasteiger partial charge in [0.2, 0.25) is 0 Å². The van der Waals surface area contributed by atoms with Crippen molar-refractivity contribution in [1.29, 1.82) is 0 Å². The maximum Gasteiger partial charge on any atom is 0.126 e. The number of hydrogen-bond donors (Lipinski definition) is 2. The molecule has 3 aromatic carbocycles. The van der Waals surface area contributed by atoms with E-state index in [1.54, 1.807) is 14.2 Å². The summed E-state index contributed by atoms with van der Waals surface area (Å²) in [5, 5.41) is 3.12. The number of ether oxygens (including phenoxy) is 2. The lowest BCUT2D eigenvalue weighted by Gasteiger charge is -2.11. The summed E-state index contributed by atoms with van der Waals surface area (Å²) in [6.45, 7) is 0. The third kappa shape index (κ3) is 5.20. The van der Waals surface area contributed by atoms with E-state index >= 15 is 0 Å². The normalized spacial score (nSPS) is 11.1. The van der Waals surface area contributed by atoms with E-state index < -0.39 is 0 Å². The van der Waals surface area contributed by atoms with Crippen LogP contribution in [0.5, 0.6) is 11.5 Å². The number of nitrogens with two attached hydrogens (primary N) is 1. The van der Waals surface area contributed by atoms with E-state index in [1.165, 1.54) is 0 Å². The Balaban J connectivity index is 1.88. The molecule has 0 amide bonds. The predicted octanol–water partition coefficient (Wildman–Crippen LogP) is 5.67. The SMILES string of the molecule is COc1cc(C=Cc2ccc(N[11CH3])cc2)c(OC)cc1C=Cc1ccc(N)cc1. The first-order chi connectivity index (χ1) is 14.1. The fourth-order valence-electron chi connectivity index (χ4n) is 2.95. The zero-order valence-electron chi connectivity index (χ0n) is 17.0. The number of benzene rings is 3. The Morgan fingerprint density at radius 2 is 1.14 bits per heavy atom. The molecule has 3 N–H and O–H groups in total. The maximum atomic E-state index is 5.75. The first-order valence-corrected chi connectivity index (χ1v) is 9.38. The van der Waals surface area contributed by atoms with Crippen LogP contribution in [0.25, 0.3) is 24.3 Å². The molecular formula is C25H26N2O2. The molecule has 0 fully saturated rings. The van der Waals surface area contributed by atoms with Crippen LogP contribution in [0.2, 0.25) is 0 Å². The monoisotopic (exact) mass is 385 g/mol. The Labute approximate surface area is 172 Å². The Kier molecular flexibility index (Phi) is 6.59. The Morgan fingerprint density at radius 3 is 1.55 bits per heavy atom. The minimum absolute atomic E-state index is 0.748. The summed E-state index contributed by atoms with van der Waals surface area (Å²) in [6, 6.07) is 19.9. The fourth-order valence-corrected chi connectivity index (χ4v) is 2.95. The Hall–Kier alpha value is -3.66. The average molecular weight is 385 g/mol. The molecular weight excluding hydrogens is 359 g/mol. The highest BCUT2D eigenvalue weighted by Gasteiger charge is 2.08. The standard InChI is InChI=1S/C25H26N2O2/c1-27-23-14-8-19(9-15-23)5-11-21-17-24(28-2)20(16-25(21)29-3)10-4-18-6-12-22(26)13-7-18/h4-17,27H,26H2,1-3H3/i1-1. The molecule has 0 saturated heterocycles. The summed E-state index contributed by atoms with van der Waals surface area (Å²) in [6.07, 6.45) is 8.12. The second-order valence-corrected chi connectivity index (χ2v) is 6.54. The second-order valence-electron chi connectivity index (χ2n) is 6.54. The molecule has 0 radical (unpaired) electrons. The van der Waals surface area contributed by atoms with Gasteiger partial charge in [-0.25, -0.2) is 0 Å². The number of nitrogen functional groups attached to an aromatic ring is 1. The van der Waals surface area contributed by atoms with Gasteiger partial charge in [0, 0.05) is 29.5 Å². The van der Waals surface area contributed by atoms with Gasteiger partial charge in [-0.15, -0.1) is 0 Å². The molecule has 0 heterocycles. The molecule has 148 valence electrons. The molecule has 4 nitrogen and oxygen atoms in total. The van der Waals surface area contributed by atoms with Crippen molar-refractivity contribution in [3.8, 4) is 11.5 Å². The van der Waals surface area contributed by atoms with Crippen LogP contribution in [0.1, 0.15) is 22.3 Å². The highest BCUT2D eigenvalue weighted by atomic mass is 16.5. The molecule has 0 spiro atoms. The van der Waals surface area contributed by atoms with Crippen molar-refractivity contribution in [2.24, 2.45) is 0 Å². The largest absolute Gasteiger partial charge is 0.496 e. The van der Waals surface area contributed by atoms with Gasteiger partial charge in [0.1, 0.15) is 11.5 Å². The van der Waals surface area contributed by atoms with Crippen LogP contribution >= 0.6 is 0 Å². The summed E-state index contributed by atoms with van der Waals surface area (Å²) in [5.41, 5.74) is 11.6. The molecule has 0 saturated carbocycles. The third-order valence-corrected chi connectivity index (χ3v) is 4.63. The minimum atomic E-state index is 0.748. The van der Waals surface area contributed by atoms with Crippen molar-refractivity contribution in [3.63, 3.8) is 0 Å². The molecule has 29 heavy (non-hydrogen) atoms. The molecule has 0 aliphatic rings. The highest BCUT2D eigenvalue weighted by molar-refractivity contribution is 5.79. The first kappa shape index (κ1) is 20.1.